The molecule has 0 aliphatic carbocycles. The second-order valence-electron chi connectivity index (χ2n) is 2.72. The van der Waals surface area contributed by atoms with Crippen molar-refractivity contribution in [1.82, 2.24) is 0 Å². The summed E-state index contributed by atoms with van der Waals surface area (Å²) < 4.78 is -0.484. The number of halogens is 6. The molecule has 0 saturated heterocycles. The van der Waals surface area contributed by atoms with Crippen LogP contribution >= 0.6 is 68.6 Å². The maximum Gasteiger partial charge on any atom is 0.245 e. The minimum Gasteiger partial charge on any atom is -0.146 e. The van der Waals surface area contributed by atoms with Gasteiger partial charge in [0.15, 0.2) is 0 Å². The van der Waals surface area contributed by atoms with Gasteiger partial charge < -0.3 is 0 Å². The molecule has 0 atom stereocenters. The third-order valence-corrected chi connectivity index (χ3v) is 19.9. The van der Waals surface area contributed by atoms with Crippen LogP contribution in [0, 0.1) is 0 Å². The molecule has 0 amide bonds. The van der Waals surface area contributed by atoms with Crippen molar-refractivity contribution in [2.75, 3.05) is 0 Å². The van der Waals surface area contributed by atoms with Crippen molar-refractivity contribution < 1.29 is 0 Å². The van der Waals surface area contributed by atoms with Gasteiger partial charge in [0.05, 0.1) is 28.0 Å². The molecule has 0 N–H and O–H groups in total. The lowest BCUT2D eigenvalue weighted by atomic mass is 11.8. The molecule has 0 aromatic heterocycles. The quantitative estimate of drug-likeness (QED) is 0.391. The highest BCUT2D eigenvalue weighted by atomic mass is 35.7. The number of hydrogen-bond acceptors (Lipinski definition) is 0. The van der Waals surface area contributed by atoms with Crippen LogP contribution in [-0.2, 0) is 0 Å². The molecule has 0 radical (unpaired) electrons. The van der Waals surface area contributed by atoms with Crippen molar-refractivity contribution in [2.24, 2.45) is 0 Å². The smallest absolute Gasteiger partial charge is 0.146 e. The van der Waals surface area contributed by atoms with Gasteiger partial charge in [-0.1, -0.05) is 0 Å². The average molecular weight is 355 g/mol. The summed E-state index contributed by atoms with van der Waals surface area (Å²) in [5.41, 5.74) is 1.70. The molecule has 0 nitrogen and oxygen atoms in total. The molecule has 0 heterocycles. The van der Waals surface area contributed by atoms with Gasteiger partial charge in [-0.25, -0.2) is 0 Å². The summed E-state index contributed by atoms with van der Waals surface area (Å²) in [4.78, 5) is 0. The lowest BCUT2D eigenvalue weighted by molar-refractivity contribution is 1.69. The van der Waals surface area contributed by atoms with Gasteiger partial charge >= 0.3 is 0 Å². The summed E-state index contributed by atoms with van der Waals surface area (Å²) in [5, 5.41) is 0. The van der Waals surface area contributed by atoms with Gasteiger partial charge in [0.25, 0.3) is 0 Å². The van der Waals surface area contributed by atoms with E-state index in [-0.39, 0.29) is 8.92 Å². The Balaban J connectivity index is 3.66. The van der Waals surface area contributed by atoms with E-state index in [2.05, 4.69) is 0 Å². The highest BCUT2D eigenvalue weighted by Gasteiger charge is 2.29. The van der Waals surface area contributed by atoms with E-state index in [0.29, 0.717) is 0 Å². The summed E-state index contributed by atoms with van der Waals surface area (Å²) in [6.45, 7) is -2.10. The Labute approximate surface area is 114 Å². The lowest BCUT2D eigenvalue weighted by Gasteiger charge is -2.16. The van der Waals surface area contributed by atoms with Gasteiger partial charge in [-0.2, -0.15) is 0 Å². The van der Waals surface area contributed by atoms with Crippen LogP contribution in [-0.4, -0.2) is 34.7 Å². The Kier molecular flexibility index (Phi) is 9.03. The minimum absolute atomic E-state index is 0.242. The second-order valence-corrected chi connectivity index (χ2v) is 20.8. The lowest BCUT2D eigenvalue weighted by Crippen LogP contribution is -2.27. The van der Waals surface area contributed by atoms with Crippen molar-refractivity contribution in [3.05, 3.63) is 0 Å². The first-order valence-corrected chi connectivity index (χ1v) is 13.6. The number of rotatable bonds is 6. The molecule has 0 rings (SSSR count). The number of alkyl halides is 4. The van der Waals surface area contributed by atoms with Gasteiger partial charge in [0, 0.05) is 0 Å². The zero-order chi connectivity index (χ0) is 10.5. The van der Waals surface area contributed by atoms with E-state index >= 15 is 0 Å². The van der Waals surface area contributed by atoms with Crippen LogP contribution in [0.1, 0.15) is 0 Å². The maximum absolute atomic E-state index is 6.16. The Morgan fingerprint density at radius 2 is 1.15 bits per heavy atom. The summed E-state index contributed by atoms with van der Waals surface area (Å²) >= 11 is 34.9. The summed E-state index contributed by atoms with van der Waals surface area (Å²) in [7, 11) is -1.08. The topological polar surface area (TPSA) is 0 Å². The molecule has 0 saturated carbocycles. The van der Waals surface area contributed by atoms with Crippen LogP contribution in [0.2, 0.25) is 11.3 Å². The van der Waals surface area contributed by atoms with Gasteiger partial charge in [0.1, 0.15) is 0 Å². The van der Waals surface area contributed by atoms with Crippen molar-refractivity contribution in [1.29, 1.82) is 0 Å². The number of hydrogen-bond donors (Lipinski definition) is 0. The third-order valence-electron chi connectivity index (χ3n) is 1.46. The van der Waals surface area contributed by atoms with E-state index in [9.17, 15) is 0 Å². The third kappa shape index (κ3) is 10.7. The van der Waals surface area contributed by atoms with Crippen molar-refractivity contribution in [2.45, 2.75) is 20.3 Å². The fourth-order valence-corrected chi connectivity index (χ4v) is 17.0. The molecular weight excluding hydrogens is 345 g/mol. The monoisotopic (exact) mass is 352 g/mol. The van der Waals surface area contributed by atoms with E-state index in [4.69, 9.17) is 68.6 Å². The molecular formula is C4H10Cl6Si3. The SMILES string of the molecule is ClC(Cl)[SiH2]C[Si](Cl)(Cl)C[SiH2]C(Cl)Cl. The highest BCUT2D eigenvalue weighted by molar-refractivity contribution is 7.48. The van der Waals surface area contributed by atoms with E-state index in [1.54, 1.807) is 0 Å². The Bertz CT molecular complexity index is 126. The van der Waals surface area contributed by atoms with E-state index in [1.807, 2.05) is 0 Å². The second kappa shape index (κ2) is 7.63. The van der Waals surface area contributed by atoms with Crippen LogP contribution < -0.4 is 0 Å². The Morgan fingerprint density at radius 1 is 0.846 bits per heavy atom. The van der Waals surface area contributed by atoms with E-state index < -0.39 is 25.7 Å². The molecule has 0 bridgehead atoms. The van der Waals surface area contributed by atoms with E-state index in [1.165, 1.54) is 0 Å². The van der Waals surface area contributed by atoms with Gasteiger partial charge in [-0.3, -0.25) is 0 Å². The summed E-state index contributed by atoms with van der Waals surface area (Å²) in [6.07, 6.45) is 0. The average Bonchev–Trinajstić information content (AvgIpc) is 1.98. The van der Waals surface area contributed by atoms with Gasteiger partial charge in [-0.05, 0) is 11.3 Å². The Morgan fingerprint density at radius 3 is 1.38 bits per heavy atom. The largest absolute Gasteiger partial charge is 0.245 e. The molecule has 0 unspecified atom stereocenters. The molecule has 0 fully saturated rings. The molecule has 0 aliphatic heterocycles. The van der Waals surface area contributed by atoms with Crippen LogP contribution in [0.5, 0.6) is 0 Å². The van der Waals surface area contributed by atoms with Crippen molar-refractivity contribution >= 4 is 94.3 Å². The molecule has 0 aliphatic rings. The van der Waals surface area contributed by atoms with E-state index in [0.717, 1.165) is 11.3 Å². The Hall–Kier alpha value is 2.39. The predicted molar refractivity (Wildman–Crippen MR) is 75.1 cm³/mol. The van der Waals surface area contributed by atoms with Gasteiger partial charge in [-0.15, -0.1) is 68.6 Å². The first kappa shape index (κ1) is 15.4. The molecule has 9 heteroatoms. The molecule has 0 aromatic rings. The zero-order valence-corrected chi connectivity index (χ0v) is 15.1. The predicted octanol–water partition coefficient (Wildman–Crippen LogP) is 2.68. The minimum atomic E-state index is -2.10. The summed E-state index contributed by atoms with van der Waals surface area (Å²) in [6, 6.07) is 0. The highest BCUT2D eigenvalue weighted by Crippen LogP contribution is 2.26. The fourth-order valence-electron chi connectivity index (χ4n) is 0.766. The molecule has 0 aromatic carbocycles. The van der Waals surface area contributed by atoms with Crippen molar-refractivity contribution in [3.63, 3.8) is 0 Å². The van der Waals surface area contributed by atoms with Crippen LogP contribution in [0.4, 0.5) is 0 Å². The first-order chi connectivity index (χ1) is 5.83. The molecule has 13 heavy (non-hydrogen) atoms. The van der Waals surface area contributed by atoms with Crippen LogP contribution in [0.25, 0.3) is 0 Å². The molecule has 80 valence electrons. The van der Waals surface area contributed by atoms with Gasteiger partial charge in [0.2, 0.25) is 6.69 Å². The normalized spacial score (nSPS) is 14.8. The first-order valence-electron chi connectivity index (χ1n) is 3.77. The molecule has 0 spiro atoms. The fraction of sp³-hybridized carbons (Fsp3) is 1.00. The standard InChI is InChI=1S/C4H10Cl6Si3/c5-3(6)11-1-13(9,10)2-12-4(7)8/h3-4H,1-2,11-12H2. The van der Waals surface area contributed by atoms with Crippen molar-refractivity contribution in [3.8, 4) is 0 Å². The zero-order valence-electron chi connectivity index (χ0n) is 6.75. The maximum atomic E-state index is 6.16. The van der Waals surface area contributed by atoms with Crippen LogP contribution in [0.3, 0.4) is 0 Å². The van der Waals surface area contributed by atoms with Crippen LogP contribution in [0.15, 0.2) is 0 Å². The summed E-state index contributed by atoms with van der Waals surface area (Å²) in [5.74, 6) is 0.